The number of hydrogen-bond acceptors (Lipinski definition) is 12. The van der Waals surface area contributed by atoms with Crippen LogP contribution in [0.1, 0.15) is 38.8 Å². The number of rotatable bonds is 10. The Labute approximate surface area is 249 Å². The van der Waals surface area contributed by atoms with E-state index < -0.39 is 42.3 Å². The van der Waals surface area contributed by atoms with Crippen LogP contribution in [0.4, 0.5) is 16.3 Å². The second-order valence-corrected chi connectivity index (χ2v) is 11.5. The molecule has 3 saturated heterocycles. The lowest BCUT2D eigenvalue weighted by Crippen LogP contribution is -2.56. The molecule has 0 aliphatic carbocycles. The second kappa shape index (κ2) is 11.8. The minimum absolute atomic E-state index is 0.0544. The molecule has 0 radical (unpaired) electrons. The van der Waals surface area contributed by atoms with Gasteiger partial charge in [-0.1, -0.05) is 24.3 Å². The van der Waals surface area contributed by atoms with Crippen molar-refractivity contribution in [1.29, 1.82) is 0 Å². The van der Waals surface area contributed by atoms with Crippen LogP contribution < -0.4 is 20.1 Å². The maximum Gasteiger partial charge on any atom is 0.323 e. The molecule has 13 heteroatoms. The molecule has 0 amide bonds. The minimum atomic E-state index is -0.832. The summed E-state index contributed by atoms with van der Waals surface area (Å²) in [6, 6.07) is 14.0. The van der Waals surface area contributed by atoms with Crippen LogP contribution in [-0.4, -0.2) is 70.9 Å². The van der Waals surface area contributed by atoms with Crippen molar-refractivity contribution in [2.24, 2.45) is 0 Å². The van der Waals surface area contributed by atoms with Crippen molar-refractivity contribution < 1.29 is 37.5 Å². The van der Waals surface area contributed by atoms with Crippen molar-refractivity contribution in [3.63, 3.8) is 0 Å². The first-order valence-corrected chi connectivity index (χ1v) is 14.2. The summed E-state index contributed by atoms with van der Waals surface area (Å²) >= 11 is 0. The Morgan fingerprint density at radius 2 is 1.44 bits per heavy atom. The third kappa shape index (κ3) is 6.97. The summed E-state index contributed by atoms with van der Waals surface area (Å²) in [5.74, 6) is -0.671. The van der Waals surface area contributed by atoms with Gasteiger partial charge in [0, 0.05) is 13.1 Å². The molecule has 2 N–H and O–H groups in total. The van der Waals surface area contributed by atoms with Gasteiger partial charge >= 0.3 is 6.01 Å². The van der Waals surface area contributed by atoms with Crippen LogP contribution in [0.25, 0.3) is 0 Å². The number of nitrogens with zero attached hydrogens (tertiary/aromatic N) is 3. The molecule has 3 aromatic rings. The highest BCUT2D eigenvalue weighted by molar-refractivity contribution is 5.38. The van der Waals surface area contributed by atoms with Crippen molar-refractivity contribution in [3.8, 4) is 11.8 Å². The Morgan fingerprint density at radius 3 is 2.14 bits per heavy atom. The first-order chi connectivity index (χ1) is 20.6. The van der Waals surface area contributed by atoms with Gasteiger partial charge < -0.3 is 43.8 Å². The van der Waals surface area contributed by atoms with Crippen LogP contribution in [-0.2, 0) is 36.8 Å². The van der Waals surface area contributed by atoms with Gasteiger partial charge in [-0.3, -0.25) is 0 Å². The third-order valence-electron chi connectivity index (χ3n) is 7.19. The van der Waals surface area contributed by atoms with E-state index in [1.165, 1.54) is 12.1 Å². The Bertz CT molecular complexity index is 1430. The number of methoxy groups -OCH3 is 1. The van der Waals surface area contributed by atoms with E-state index in [4.69, 9.17) is 33.2 Å². The van der Waals surface area contributed by atoms with E-state index in [9.17, 15) is 4.39 Å². The van der Waals surface area contributed by atoms with Gasteiger partial charge in [0.25, 0.3) is 0 Å². The quantitative estimate of drug-likeness (QED) is 0.350. The average molecular weight is 598 g/mol. The van der Waals surface area contributed by atoms with Gasteiger partial charge in [-0.25, -0.2) is 4.39 Å². The number of fused-ring (bicyclic) bond motifs is 3. The van der Waals surface area contributed by atoms with Crippen molar-refractivity contribution in [3.05, 3.63) is 65.5 Å². The number of benzene rings is 2. The molecule has 0 spiro atoms. The van der Waals surface area contributed by atoms with E-state index >= 15 is 0 Å². The summed E-state index contributed by atoms with van der Waals surface area (Å²) in [4.78, 5) is 13.4. The smallest absolute Gasteiger partial charge is 0.323 e. The highest BCUT2D eigenvalue weighted by Crippen LogP contribution is 2.44. The van der Waals surface area contributed by atoms with Crippen molar-refractivity contribution in [1.82, 2.24) is 15.0 Å². The summed E-state index contributed by atoms with van der Waals surface area (Å²) in [6.07, 6.45) is -2.52. The minimum Gasteiger partial charge on any atom is -0.497 e. The summed E-state index contributed by atoms with van der Waals surface area (Å²) in [7, 11) is 1.62. The van der Waals surface area contributed by atoms with E-state index in [2.05, 4.69) is 25.6 Å². The molecule has 6 rings (SSSR count). The van der Waals surface area contributed by atoms with Crippen LogP contribution in [0, 0.1) is 5.82 Å². The number of aromatic nitrogens is 3. The lowest BCUT2D eigenvalue weighted by molar-refractivity contribution is -0.238. The van der Waals surface area contributed by atoms with Gasteiger partial charge in [0.05, 0.1) is 7.11 Å². The molecule has 3 aliphatic rings. The van der Waals surface area contributed by atoms with E-state index in [1.54, 1.807) is 13.2 Å². The Kier molecular flexibility index (Phi) is 8.09. The molecular formula is C30H36FN5O7. The lowest BCUT2D eigenvalue weighted by atomic mass is 9.99. The van der Waals surface area contributed by atoms with Gasteiger partial charge in [-0.15, -0.1) is 0 Å². The first-order valence-electron chi connectivity index (χ1n) is 14.2. The summed E-state index contributed by atoms with van der Waals surface area (Å²) in [6.45, 7) is 8.16. The number of halogens is 1. The number of anilines is 2. The predicted octanol–water partition coefficient (Wildman–Crippen LogP) is 4.02. The fraction of sp³-hybridized carbons (Fsp3) is 0.500. The Hall–Kier alpha value is -3.62. The molecule has 3 fully saturated rings. The summed E-state index contributed by atoms with van der Waals surface area (Å²) in [5, 5.41) is 6.35. The second-order valence-electron chi connectivity index (χ2n) is 11.5. The third-order valence-corrected chi connectivity index (χ3v) is 7.19. The van der Waals surface area contributed by atoms with Crippen LogP contribution in [0.5, 0.6) is 11.8 Å². The molecule has 0 unspecified atom stereocenters. The molecule has 43 heavy (non-hydrogen) atoms. The molecule has 0 saturated carbocycles. The molecule has 12 nitrogen and oxygen atoms in total. The average Bonchev–Trinajstić information content (AvgIpc) is 3.47. The van der Waals surface area contributed by atoms with Crippen LogP contribution in [0.3, 0.4) is 0 Å². The van der Waals surface area contributed by atoms with E-state index in [0.29, 0.717) is 19.0 Å². The van der Waals surface area contributed by atoms with Gasteiger partial charge in [0.2, 0.25) is 11.9 Å². The molecule has 3 aliphatic heterocycles. The predicted molar refractivity (Wildman–Crippen MR) is 152 cm³/mol. The lowest BCUT2D eigenvalue weighted by Gasteiger charge is -2.36. The first kappa shape index (κ1) is 29.5. The molecule has 1 aromatic heterocycles. The highest BCUT2D eigenvalue weighted by Gasteiger charge is 2.60. The molecule has 0 bridgehead atoms. The van der Waals surface area contributed by atoms with Crippen LogP contribution in [0.2, 0.25) is 0 Å². The normalized spacial score (nSPS) is 26.8. The van der Waals surface area contributed by atoms with Crippen molar-refractivity contribution in [2.45, 2.75) is 83.1 Å². The van der Waals surface area contributed by atoms with Gasteiger partial charge in [0.1, 0.15) is 42.6 Å². The molecule has 230 valence electrons. The molecular weight excluding hydrogens is 561 g/mol. The fourth-order valence-corrected chi connectivity index (χ4v) is 5.32. The fourth-order valence-electron chi connectivity index (χ4n) is 5.32. The maximum atomic E-state index is 13.7. The van der Waals surface area contributed by atoms with Crippen molar-refractivity contribution >= 4 is 11.9 Å². The zero-order valence-electron chi connectivity index (χ0n) is 24.7. The SMILES string of the molecule is COc1ccc(CNc2nc(NCc3cccc(F)c3)nc(OC[C@H]3O[C@@H]4OC(C)(C)O[C@@H]4[C@H]4OC(C)(C)O[C@H]43)n2)cc1. The Morgan fingerprint density at radius 1 is 0.791 bits per heavy atom. The number of nitrogens with one attached hydrogen (secondary N) is 2. The van der Waals surface area contributed by atoms with E-state index in [-0.39, 0.29) is 24.4 Å². The standard InChI is InChI=1S/C30H36FN5O7/c1-29(2)40-22-21(39-25-24(23(22)41-29)42-30(3,4)43-25)16-38-28-35-26(32-14-17-9-11-20(37-5)12-10-17)34-27(36-28)33-15-18-7-6-8-19(31)13-18/h6-13,21-25H,14-16H2,1-5H3,(H2,32,33,34,35,36)/t21-,22+,23+,24-,25-/m1/s1. The topological polar surface area (TPSA) is 127 Å². The Balaban J connectivity index is 1.18. The largest absolute Gasteiger partial charge is 0.497 e. The van der Waals surface area contributed by atoms with Crippen molar-refractivity contribution in [2.75, 3.05) is 24.4 Å². The zero-order chi connectivity index (χ0) is 30.2. The van der Waals surface area contributed by atoms with Gasteiger partial charge in [0.15, 0.2) is 17.9 Å². The maximum absolute atomic E-state index is 13.7. The summed E-state index contributed by atoms with van der Waals surface area (Å²) in [5.41, 5.74) is 1.73. The monoisotopic (exact) mass is 597 g/mol. The van der Waals surface area contributed by atoms with Crippen LogP contribution >= 0.6 is 0 Å². The van der Waals surface area contributed by atoms with Gasteiger partial charge in [-0.2, -0.15) is 15.0 Å². The highest BCUT2D eigenvalue weighted by atomic mass is 19.1. The number of ether oxygens (including phenoxy) is 7. The van der Waals surface area contributed by atoms with E-state index in [1.807, 2.05) is 58.0 Å². The van der Waals surface area contributed by atoms with E-state index in [0.717, 1.165) is 16.9 Å². The summed E-state index contributed by atoms with van der Waals surface area (Å²) < 4.78 is 55.7. The molecule has 5 atom stereocenters. The molecule has 4 heterocycles. The van der Waals surface area contributed by atoms with Gasteiger partial charge in [-0.05, 0) is 63.1 Å². The molecule has 2 aromatic carbocycles. The van der Waals surface area contributed by atoms with Crippen LogP contribution in [0.15, 0.2) is 48.5 Å². The number of hydrogen-bond donors (Lipinski definition) is 2. The zero-order valence-corrected chi connectivity index (χ0v) is 24.7.